The number of nitrogens with zero attached hydrogens (tertiary/aromatic N) is 2. The second-order valence-corrected chi connectivity index (χ2v) is 10.4. The Morgan fingerprint density at radius 3 is 2.35 bits per heavy atom. The van der Waals surface area contributed by atoms with Gasteiger partial charge in [0.05, 0.1) is 32.3 Å². The number of aromatic nitrogens is 2. The molecule has 1 fully saturated rings. The van der Waals surface area contributed by atoms with Gasteiger partial charge in [-0.15, -0.1) is 0 Å². The summed E-state index contributed by atoms with van der Waals surface area (Å²) < 4.78 is 110. The number of hydrogen-bond donors (Lipinski definition) is 3. The van der Waals surface area contributed by atoms with Crippen LogP contribution in [-0.2, 0) is 18.4 Å². The van der Waals surface area contributed by atoms with Crippen LogP contribution in [0.25, 0.3) is 11.0 Å². The average Bonchev–Trinajstić information content (AvgIpc) is 3.68. The van der Waals surface area contributed by atoms with Crippen molar-refractivity contribution < 1.29 is 49.4 Å². The van der Waals surface area contributed by atoms with Crippen molar-refractivity contribution in [2.45, 2.75) is 38.2 Å². The summed E-state index contributed by atoms with van der Waals surface area (Å²) in [5.74, 6) is -2.84. The Kier molecular flexibility index (Phi) is 8.94. The molecule has 8 nitrogen and oxygen atoms in total. The van der Waals surface area contributed by atoms with E-state index in [9.17, 15) is 44.7 Å². The van der Waals surface area contributed by atoms with Crippen molar-refractivity contribution in [2.24, 2.45) is 12.5 Å². The minimum atomic E-state index is -4.74. The van der Waals surface area contributed by atoms with E-state index in [-0.39, 0.29) is 57.7 Å². The minimum Gasteiger partial charge on any atom is -0.487 e. The SMILES string of the molecule is Cn1c(Nc2c(Cl)ccc(CNC(=O)C3(C(F)(F)F)CC3)c2Cl)nc2cc(C(=O)NCC(F)(F)F)c(OCC(F)F)cc21. The van der Waals surface area contributed by atoms with E-state index in [1.54, 1.807) is 5.32 Å². The summed E-state index contributed by atoms with van der Waals surface area (Å²) in [4.78, 5) is 29.0. The Bertz CT molecular complexity index is 1550. The van der Waals surface area contributed by atoms with Crippen LogP contribution in [0.1, 0.15) is 28.8 Å². The summed E-state index contributed by atoms with van der Waals surface area (Å²) in [6.07, 6.45) is -13.0. The topological polar surface area (TPSA) is 97.3 Å². The molecule has 0 radical (unpaired) electrons. The van der Waals surface area contributed by atoms with Crippen molar-refractivity contribution in [3.63, 3.8) is 0 Å². The van der Waals surface area contributed by atoms with Gasteiger partial charge in [-0.3, -0.25) is 9.59 Å². The predicted octanol–water partition coefficient (Wildman–Crippen LogP) is 6.52. The van der Waals surface area contributed by atoms with Crippen LogP contribution in [0.2, 0.25) is 10.0 Å². The molecule has 18 heteroatoms. The third kappa shape index (κ3) is 7.00. The quantitative estimate of drug-likeness (QED) is 0.215. The fourth-order valence-corrected chi connectivity index (χ4v) is 4.66. The summed E-state index contributed by atoms with van der Waals surface area (Å²) in [6.45, 7) is -3.18. The minimum absolute atomic E-state index is 0.0154. The summed E-state index contributed by atoms with van der Waals surface area (Å²) in [5.41, 5.74) is -2.41. The molecule has 3 aromatic rings. The third-order valence-electron chi connectivity index (χ3n) is 6.62. The molecule has 1 aromatic heterocycles. The molecule has 3 N–H and O–H groups in total. The van der Waals surface area contributed by atoms with Crippen molar-refractivity contribution in [3.8, 4) is 5.75 Å². The van der Waals surface area contributed by atoms with Crippen LogP contribution in [0.5, 0.6) is 5.75 Å². The van der Waals surface area contributed by atoms with Crippen molar-refractivity contribution in [1.29, 1.82) is 0 Å². The zero-order valence-electron chi connectivity index (χ0n) is 21.8. The number of nitrogens with one attached hydrogen (secondary N) is 3. The lowest BCUT2D eigenvalue weighted by Gasteiger charge is -2.19. The number of hydrogen-bond acceptors (Lipinski definition) is 5. The standard InChI is InChI=1S/C25H21Cl2F8N5O3/c1-40-15-7-16(43-9-17(28)29)12(20(41)37-10-24(30,31)32)6-14(15)38-22(40)39-19-13(26)3-2-11(18(19)27)8-36-21(42)23(4-5-23)25(33,34)35/h2-3,6-7,17H,4-5,8-10H2,1H3,(H,36,42)(H,37,41)(H,38,39). The zero-order valence-corrected chi connectivity index (χ0v) is 23.3. The molecule has 234 valence electrons. The number of amides is 2. The second-order valence-electron chi connectivity index (χ2n) is 9.61. The number of imidazole rings is 1. The van der Waals surface area contributed by atoms with Gasteiger partial charge in [0.25, 0.3) is 12.3 Å². The first kappa shape index (κ1) is 32.4. The molecule has 1 saturated carbocycles. The summed E-state index contributed by atoms with van der Waals surface area (Å²) in [5, 5.41) is 6.72. The molecule has 0 atom stereocenters. The van der Waals surface area contributed by atoms with Crippen LogP contribution in [0.3, 0.4) is 0 Å². The van der Waals surface area contributed by atoms with Crippen LogP contribution in [0.15, 0.2) is 24.3 Å². The highest BCUT2D eigenvalue weighted by molar-refractivity contribution is 6.39. The van der Waals surface area contributed by atoms with Gasteiger partial charge in [-0.05, 0) is 30.5 Å². The van der Waals surface area contributed by atoms with Gasteiger partial charge in [0, 0.05) is 19.7 Å². The number of anilines is 2. The largest absolute Gasteiger partial charge is 0.487 e. The summed E-state index contributed by atoms with van der Waals surface area (Å²) >= 11 is 12.7. The first-order valence-electron chi connectivity index (χ1n) is 12.3. The van der Waals surface area contributed by atoms with Gasteiger partial charge in [0.15, 0.2) is 0 Å². The molecule has 0 spiro atoms. The van der Waals surface area contributed by atoms with Gasteiger partial charge in [-0.1, -0.05) is 29.3 Å². The van der Waals surface area contributed by atoms with Crippen molar-refractivity contribution in [2.75, 3.05) is 18.5 Å². The van der Waals surface area contributed by atoms with Crippen LogP contribution < -0.4 is 20.7 Å². The maximum atomic E-state index is 13.3. The Hall–Kier alpha value is -3.53. The van der Waals surface area contributed by atoms with Gasteiger partial charge >= 0.3 is 12.4 Å². The molecule has 1 aliphatic rings. The average molecular weight is 662 g/mol. The first-order chi connectivity index (χ1) is 19.9. The highest BCUT2D eigenvalue weighted by Gasteiger charge is 2.68. The van der Waals surface area contributed by atoms with Crippen LogP contribution in [0, 0.1) is 5.41 Å². The number of aryl methyl sites for hydroxylation is 1. The van der Waals surface area contributed by atoms with E-state index < -0.39 is 60.5 Å². The molecule has 43 heavy (non-hydrogen) atoms. The van der Waals surface area contributed by atoms with Crippen LogP contribution in [-0.4, -0.2) is 53.3 Å². The monoisotopic (exact) mass is 661 g/mol. The molecular formula is C25H21Cl2F8N5O3. The second kappa shape index (κ2) is 11.9. The van der Waals surface area contributed by atoms with Gasteiger partial charge in [0.1, 0.15) is 24.3 Å². The number of ether oxygens (including phenoxy) is 1. The summed E-state index contributed by atoms with van der Waals surface area (Å²) in [7, 11) is 1.47. The van der Waals surface area contributed by atoms with E-state index in [1.165, 1.54) is 23.7 Å². The van der Waals surface area contributed by atoms with Crippen LogP contribution in [0.4, 0.5) is 46.8 Å². The highest BCUT2D eigenvalue weighted by atomic mass is 35.5. The molecule has 2 aromatic carbocycles. The Balaban J connectivity index is 1.62. The van der Waals surface area contributed by atoms with E-state index >= 15 is 0 Å². The van der Waals surface area contributed by atoms with Gasteiger partial charge in [-0.2, -0.15) is 26.3 Å². The third-order valence-corrected chi connectivity index (χ3v) is 7.36. The fraction of sp³-hybridized carbons (Fsp3) is 0.400. The van der Waals surface area contributed by atoms with E-state index in [1.807, 2.05) is 0 Å². The molecule has 0 saturated heterocycles. The number of rotatable bonds is 10. The number of halogens is 10. The Morgan fingerprint density at radius 2 is 1.77 bits per heavy atom. The molecule has 0 aliphatic heterocycles. The van der Waals surface area contributed by atoms with E-state index in [0.29, 0.717) is 0 Å². The molecule has 1 aliphatic carbocycles. The maximum absolute atomic E-state index is 13.3. The van der Waals surface area contributed by atoms with E-state index in [0.717, 1.165) is 12.1 Å². The van der Waals surface area contributed by atoms with Crippen molar-refractivity contribution >= 4 is 57.7 Å². The van der Waals surface area contributed by atoms with E-state index in [2.05, 4.69) is 15.6 Å². The van der Waals surface area contributed by atoms with Crippen LogP contribution >= 0.6 is 23.2 Å². The van der Waals surface area contributed by atoms with Gasteiger partial charge in [-0.25, -0.2) is 13.8 Å². The predicted molar refractivity (Wildman–Crippen MR) is 140 cm³/mol. The Morgan fingerprint density at radius 1 is 1.09 bits per heavy atom. The number of carbonyl (C=O) groups is 2. The smallest absolute Gasteiger partial charge is 0.405 e. The number of benzene rings is 2. The molecule has 1 heterocycles. The maximum Gasteiger partial charge on any atom is 0.405 e. The molecule has 0 unspecified atom stereocenters. The number of alkyl halides is 8. The summed E-state index contributed by atoms with van der Waals surface area (Å²) in [6, 6.07) is 4.96. The fourth-order valence-electron chi connectivity index (χ4n) is 4.12. The molecule has 4 rings (SSSR count). The first-order valence-corrected chi connectivity index (χ1v) is 13.0. The molecular weight excluding hydrogens is 641 g/mol. The lowest BCUT2D eigenvalue weighted by Crippen LogP contribution is -2.40. The van der Waals surface area contributed by atoms with Gasteiger partial charge in [0.2, 0.25) is 11.9 Å². The van der Waals surface area contributed by atoms with Gasteiger partial charge < -0.3 is 25.3 Å². The van der Waals surface area contributed by atoms with Crippen molar-refractivity contribution in [3.05, 3.63) is 45.4 Å². The number of fused-ring (bicyclic) bond motifs is 1. The molecule has 2 amide bonds. The number of carbonyl (C=O) groups excluding carboxylic acids is 2. The Labute approximate surface area is 247 Å². The lowest BCUT2D eigenvalue weighted by molar-refractivity contribution is -0.192. The normalized spacial score (nSPS) is 14.6. The van der Waals surface area contributed by atoms with E-state index in [4.69, 9.17) is 27.9 Å². The highest BCUT2D eigenvalue weighted by Crippen LogP contribution is 2.57. The van der Waals surface area contributed by atoms with Crippen molar-refractivity contribution in [1.82, 2.24) is 20.2 Å². The molecule has 0 bridgehead atoms. The lowest BCUT2D eigenvalue weighted by atomic mass is 10.1. The zero-order chi connectivity index (χ0) is 31.9.